The number of nitrogens with zero attached hydrogens (tertiary/aromatic N) is 3. The summed E-state index contributed by atoms with van der Waals surface area (Å²) < 4.78 is 6.12. The highest BCUT2D eigenvalue weighted by atomic mass is 16.5. The largest absolute Gasteiger partial charge is 0.438 e. The zero-order chi connectivity index (χ0) is 22.1. The van der Waals surface area contributed by atoms with Crippen LogP contribution < -0.4 is 4.74 Å². The number of hydrogen-bond donors (Lipinski definition) is 0. The molecule has 4 nitrogen and oxygen atoms in total. The number of aromatic nitrogens is 2. The number of aryl methyl sites for hydroxylation is 1. The lowest BCUT2D eigenvalue weighted by Gasteiger charge is -2.22. The van der Waals surface area contributed by atoms with E-state index >= 15 is 0 Å². The van der Waals surface area contributed by atoms with Crippen LogP contribution in [0.4, 0.5) is 0 Å². The monoisotopic (exact) mass is 399 g/mol. The van der Waals surface area contributed by atoms with Crippen LogP contribution in [0.1, 0.15) is 63.8 Å². The molecule has 0 aliphatic heterocycles. The van der Waals surface area contributed by atoms with Crippen molar-refractivity contribution in [1.82, 2.24) is 9.97 Å². The van der Waals surface area contributed by atoms with Crippen LogP contribution in [0.25, 0.3) is 11.4 Å². The molecular formula is C26H29N3O. The Morgan fingerprint density at radius 3 is 2.13 bits per heavy atom. The first-order valence-corrected chi connectivity index (χ1v) is 10.2. The van der Waals surface area contributed by atoms with Gasteiger partial charge in [-0.05, 0) is 64.8 Å². The Hall–Kier alpha value is -3.19. The normalized spacial score (nSPS) is 11.8. The Kier molecular flexibility index (Phi) is 5.67. The lowest BCUT2D eigenvalue weighted by atomic mass is 9.86. The van der Waals surface area contributed by atoms with Gasteiger partial charge in [-0.1, -0.05) is 47.6 Å². The number of hydrogen-bond acceptors (Lipinski definition) is 4. The fourth-order valence-corrected chi connectivity index (χ4v) is 3.08. The Morgan fingerprint density at radius 2 is 1.50 bits per heavy atom. The fourth-order valence-electron chi connectivity index (χ4n) is 3.08. The second-order valence-electron chi connectivity index (χ2n) is 9.72. The van der Waals surface area contributed by atoms with Crippen LogP contribution in [0.2, 0.25) is 0 Å². The van der Waals surface area contributed by atoms with E-state index < -0.39 is 0 Å². The highest BCUT2D eigenvalue weighted by molar-refractivity contribution is 5.59. The smallest absolute Gasteiger partial charge is 0.220 e. The molecule has 0 unspecified atom stereocenters. The maximum Gasteiger partial charge on any atom is 0.220 e. The molecule has 3 rings (SSSR count). The molecule has 0 bridgehead atoms. The Morgan fingerprint density at radius 1 is 0.833 bits per heavy atom. The van der Waals surface area contributed by atoms with E-state index in [-0.39, 0.29) is 10.8 Å². The third-order valence-corrected chi connectivity index (χ3v) is 5.03. The van der Waals surface area contributed by atoms with Crippen molar-refractivity contribution in [2.45, 2.75) is 59.3 Å². The first-order valence-electron chi connectivity index (χ1n) is 10.2. The summed E-state index contributed by atoms with van der Waals surface area (Å²) in [6.07, 6.45) is 1.83. The van der Waals surface area contributed by atoms with E-state index in [4.69, 9.17) is 9.72 Å². The van der Waals surface area contributed by atoms with E-state index in [1.54, 1.807) is 6.07 Å². The third-order valence-electron chi connectivity index (χ3n) is 5.03. The van der Waals surface area contributed by atoms with Crippen LogP contribution in [0.5, 0.6) is 11.6 Å². The Labute approximate surface area is 179 Å². The first kappa shape index (κ1) is 21.5. The predicted octanol–water partition coefficient (Wildman–Crippen LogP) is 6.71. The van der Waals surface area contributed by atoms with Crippen molar-refractivity contribution in [3.05, 3.63) is 70.9 Å². The van der Waals surface area contributed by atoms with E-state index in [9.17, 15) is 5.26 Å². The standard InChI is InChI=1S/C26H29N3O/c1-17-8-9-18(16-27)23(12-17)30-24-15-20(26(5,6)7)14-22(29-24)21-13-19(10-11-28-21)25(2,3)4/h8-15H,1-7H3. The van der Waals surface area contributed by atoms with E-state index in [1.807, 2.05) is 37.4 Å². The predicted molar refractivity (Wildman–Crippen MR) is 121 cm³/mol. The van der Waals surface area contributed by atoms with Gasteiger partial charge >= 0.3 is 0 Å². The Bertz CT molecular complexity index is 1110. The highest BCUT2D eigenvalue weighted by Gasteiger charge is 2.20. The lowest BCUT2D eigenvalue weighted by molar-refractivity contribution is 0.457. The van der Waals surface area contributed by atoms with Gasteiger partial charge in [-0.3, -0.25) is 4.98 Å². The van der Waals surface area contributed by atoms with Gasteiger partial charge < -0.3 is 4.74 Å². The van der Waals surface area contributed by atoms with E-state index in [0.717, 1.165) is 22.5 Å². The number of benzene rings is 1. The molecule has 0 spiro atoms. The minimum absolute atomic E-state index is 0.0158. The summed E-state index contributed by atoms with van der Waals surface area (Å²) in [5.41, 5.74) is 5.29. The SMILES string of the molecule is Cc1ccc(C#N)c(Oc2cc(C(C)(C)C)cc(-c3cc(C(C)(C)C)ccn3)n2)c1. The summed E-state index contributed by atoms with van der Waals surface area (Å²) in [7, 11) is 0. The van der Waals surface area contributed by atoms with Crippen LogP contribution in [0, 0.1) is 18.3 Å². The molecule has 0 N–H and O–H groups in total. The van der Waals surface area contributed by atoms with Gasteiger partial charge in [-0.2, -0.15) is 5.26 Å². The molecule has 3 aromatic rings. The summed E-state index contributed by atoms with van der Waals surface area (Å²) in [6, 6.07) is 15.9. The van der Waals surface area contributed by atoms with E-state index in [0.29, 0.717) is 17.2 Å². The summed E-state index contributed by atoms with van der Waals surface area (Å²) in [6.45, 7) is 15.0. The molecule has 2 aromatic heterocycles. The number of pyridine rings is 2. The van der Waals surface area contributed by atoms with Crippen molar-refractivity contribution >= 4 is 0 Å². The van der Waals surface area contributed by atoms with E-state index in [1.165, 1.54) is 5.56 Å². The number of rotatable bonds is 3. The number of nitriles is 1. The van der Waals surface area contributed by atoms with Gasteiger partial charge in [0.05, 0.1) is 17.0 Å². The molecule has 2 heterocycles. The fraction of sp³-hybridized carbons (Fsp3) is 0.346. The molecule has 0 aliphatic carbocycles. The molecule has 0 radical (unpaired) electrons. The highest BCUT2D eigenvalue weighted by Crippen LogP contribution is 2.33. The summed E-state index contributed by atoms with van der Waals surface area (Å²) in [5.74, 6) is 0.973. The average Bonchev–Trinajstić information content (AvgIpc) is 2.67. The zero-order valence-electron chi connectivity index (χ0n) is 18.9. The second kappa shape index (κ2) is 7.91. The van der Waals surface area contributed by atoms with Crippen molar-refractivity contribution in [1.29, 1.82) is 5.26 Å². The molecule has 30 heavy (non-hydrogen) atoms. The van der Waals surface area contributed by atoms with E-state index in [2.05, 4.69) is 64.7 Å². The van der Waals surface area contributed by atoms with Gasteiger partial charge in [0.2, 0.25) is 5.88 Å². The zero-order valence-corrected chi connectivity index (χ0v) is 18.9. The molecule has 0 atom stereocenters. The third kappa shape index (κ3) is 4.86. The molecule has 4 heteroatoms. The van der Waals surface area contributed by atoms with Crippen molar-refractivity contribution in [2.75, 3.05) is 0 Å². The topological polar surface area (TPSA) is 58.8 Å². The molecule has 0 saturated heterocycles. The second-order valence-corrected chi connectivity index (χ2v) is 9.72. The minimum atomic E-state index is -0.0951. The van der Waals surface area contributed by atoms with Crippen molar-refractivity contribution in [3.63, 3.8) is 0 Å². The lowest BCUT2D eigenvalue weighted by Crippen LogP contribution is -2.13. The minimum Gasteiger partial charge on any atom is -0.438 e. The van der Waals surface area contributed by atoms with Crippen LogP contribution in [0.15, 0.2) is 48.7 Å². The molecule has 0 fully saturated rings. The van der Waals surface area contributed by atoms with Gasteiger partial charge in [0.1, 0.15) is 11.8 Å². The maximum absolute atomic E-state index is 9.45. The summed E-state index contributed by atoms with van der Waals surface area (Å²) in [4.78, 5) is 9.32. The van der Waals surface area contributed by atoms with Gasteiger partial charge in [-0.15, -0.1) is 0 Å². The molecule has 0 saturated carbocycles. The van der Waals surface area contributed by atoms with Crippen LogP contribution in [0.3, 0.4) is 0 Å². The first-order chi connectivity index (χ1) is 14.0. The Balaban J connectivity index is 2.13. The quantitative estimate of drug-likeness (QED) is 0.491. The van der Waals surface area contributed by atoms with Crippen LogP contribution in [-0.2, 0) is 10.8 Å². The van der Waals surface area contributed by atoms with Gasteiger partial charge in [0.25, 0.3) is 0 Å². The molecule has 0 amide bonds. The summed E-state index contributed by atoms with van der Waals surface area (Å²) >= 11 is 0. The average molecular weight is 400 g/mol. The molecule has 1 aromatic carbocycles. The van der Waals surface area contributed by atoms with Crippen molar-refractivity contribution < 1.29 is 4.74 Å². The molecular weight excluding hydrogens is 370 g/mol. The summed E-state index contributed by atoms with van der Waals surface area (Å²) in [5, 5.41) is 9.45. The van der Waals surface area contributed by atoms with Gasteiger partial charge in [0.15, 0.2) is 0 Å². The van der Waals surface area contributed by atoms with Crippen molar-refractivity contribution in [3.8, 4) is 29.1 Å². The van der Waals surface area contributed by atoms with Gasteiger partial charge in [0, 0.05) is 12.3 Å². The molecule has 0 aliphatic rings. The van der Waals surface area contributed by atoms with Crippen LogP contribution >= 0.6 is 0 Å². The van der Waals surface area contributed by atoms with Crippen molar-refractivity contribution in [2.24, 2.45) is 0 Å². The molecule has 154 valence electrons. The maximum atomic E-state index is 9.45. The van der Waals surface area contributed by atoms with Gasteiger partial charge in [-0.25, -0.2) is 4.98 Å². The van der Waals surface area contributed by atoms with Crippen LogP contribution in [-0.4, -0.2) is 9.97 Å². The number of ether oxygens (including phenoxy) is 1.